The van der Waals surface area contributed by atoms with E-state index in [9.17, 15) is 4.79 Å². The van der Waals surface area contributed by atoms with Crippen molar-refractivity contribution in [1.82, 2.24) is 25.5 Å². The van der Waals surface area contributed by atoms with Gasteiger partial charge in [-0.25, -0.2) is 0 Å². The molecule has 0 radical (unpaired) electrons. The Hall–Kier alpha value is -2.61. The first-order chi connectivity index (χ1) is 11.6. The molecule has 3 rings (SSSR count). The zero-order valence-electron chi connectivity index (χ0n) is 13.4. The lowest BCUT2D eigenvalue weighted by atomic mass is 10.1. The third-order valence-electron chi connectivity index (χ3n) is 3.39. The standard InChI is InChI=1S/C16H17N5O2S/c1-11-5-6-14(12(2)8-11)21-16(18-19-20-21)24-10-15(22)17-9-13-4-3-7-23-13/h3-8H,9-10H2,1-2H3,(H,17,22). The highest BCUT2D eigenvalue weighted by atomic mass is 32.2. The van der Waals surface area contributed by atoms with Gasteiger partial charge in [0.1, 0.15) is 5.76 Å². The van der Waals surface area contributed by atoms with Crippen LogP contribution in [0.15, 0.2) is 46.2 Å². The number of tetrazole rings is 1. The summed E-state index contributed by atoms with van der Waals surface area (Å²) >= 11 is 1.29. The summed E-state index contributed by atoms with van der Waals surface area (Å²) in [6.07, 6.45) is 1.58. The first-order valence-electron chi connectivity index (χ1n) is 7.41. The number of nitrogens with one attached hydrogen (secondary N) is 1. The van der Waals surface area contributed by atoms with E-state index < -0.39 is 0 Å². The Bertz CT molecular complexity index is 829. The molecular formula is C16H17N5O2S. The molecule has 0 saturated heterocycles. The monoisotopic (exact) mass is 343 g/mol. The summed E-state index contributed by atoms with van der Waals surface area (Å²) < 4.78 is 6.83. The fourth-order valence-electron chi connectivity index (χ4n) is 2.24. The van der Waals surface area contributed by atoms with E-state index in [-0.39, 0.29) is 11.7 Å². The number of amides is 1. The highest BCUT2D eigenvalue weighted by Gasteiger charge is 2.13. The highest BCUT2D eigenvalue weighted by molar-refractivity contribution is 7.99. The summed E-state index contributed by atoms with van der Waals surface area (Å²) in [6, 6.07) is 9.65. The Morgan fingerprint density at radius 2 is 2.21 bits per heavy atom. The molecule has 0 spiro atoms. The zero-order valence-corrected chi connectivity index (χ0v) is 14.2. The molecule has 0 saturated carbocycles. The summed E-state index contributed by atoms with van der Waals surface area (Å²) in [4.78, 5) is 11.9. The van der Waals surface area contributed by atoms with Crippen LogP contribution in [0.25, 0.3) is 5.69 Å². The molecule has 8 heteroatoms. The maximum absolute atomic E-state index is 11.9. The second-order valence-corrected chi connectivity index (χ2v) is 6.25. The molecule has 124 valence electrons. The Labute approximate surface area is 143 Å². The first kappa shape index (κ1) is 16.3. The van der Waals surface area contributed by atoms with Crippen LogP contribution in [0.1, 0.15) is 16.9 Å². The Kier molecular flexibility index (Phi) is 4.95. The van der Waals surface area contributed by atoms with Crippen LogP contribution >= 0.6 is 11.8 Å². The van der Waals surface area contributed by atoms with Crippen LogP contribution in [-0.2, 0) is 11.3 Å². The van der Waals surface area contributed by atoms with Gasteiger partial charge in [-0.05, 0) is 48.0 Å². The molecule has 0 unspecified atom stereocenters. The van der Waals surface area contributed by atoms with Gasteiger partial charge in [-0.15, -0.1) is 5.10 Å². The second-order valence-electron chi connectivity index (χ2n) is 5.31. The number of hydrogen-bond donors (Lipinski definition) is 1. The quantitative estimate of drug-likeness (QED) is 0.691. The minimum Gasteiger partial charge on any atom is -0.467 e. The predicted molar refractivity (Wildman–Crippen MR) is 89.9 cm³/mol. The molecule has 2 aromatic heterocycles. The molecule has 3 aromatic rings. The van der Waals surface area contributed by atoms with Gasteiger partial charge < -0.3 is 9.73 Å². The molecule has 0 bridgehead atoms. The number of benzene rings is 1. The van der Waals surface area contributed by atoms with E-state index in [0.717, 1.165) is 11.3 Å². The van der Waals surface area contributed by atoms with Crippen LogP contribution in [0.2, 0.25) is 0 Å². The van der Waals surface area contributed by atoms with Gasteiger partial charge in [0.2, 0.25) is 11.1 Å². The molecule has 0 aliphatic carbocycles. The number of carbonyl (C=O) groups is 1. The van der Waals surface area contributed by atoms with Crippen molar-refractivity contribution in [3.8, 4) is 5.69 Å². The van der Waals surface area contributed by atoms with Crippen molar-refractivity contribution < 1.29 is 9.21 Å². The third kappa shape index (κ3) is 3.83. The number of carbonyl (C=O) groups excluding carboxylic acids is 1. The predicted octanol–water partition coefficient (Wildman–Crippen LogP) is 2.28. The molecular weight excluding hydrogens is 326 g/mol. The largest absolute Gasteiger partial charge is 0.467 e. The van der Waals surface area contributed by atoms with Gasteiger partial charge in [-0.2, -0.15) is 4.68 Å². The normalized spacial score (nSPS) is 10.8. The van der Waals surface area contributed by atoms with E-state index in [0.29, 0.717) is 17.5 Å². The molecule has 0 aliphatic rings. The van der Waals surface area contributed by atoms with E-state index in [2.05, 4.69) is 26.9 Å². The lowest BCUT2D eigenvalue weighted by Crippen LogP contribution is -2.24. The molecule has 7 nitrogen and oxygen atoms in total. The minimum atomic E-state index is -0.105. The van der Waals surface area contributed by atoms with Gasteiger partial charge in [-0.3, -0.25) is 4.79 Å². The number of hydrogen-bond acceptors (Lipinski definition) is 6. The number of nitrogens with zero attached hydrogens (tertiary/aromatic N) is 4. The maximum atomic E-state index is 11.9. The van der Waals surface area contributed by atoms with Crippen molar-refractivity contribution >= 4 is 17.7 Å². The first-order valence-corrected chi connectivity index (χ1v) is 8.40. The van der Waals surface area contributed by atoms with Crippen LogP contribution in [0.3, 0.4) is 0 Å². The SMILES string of the molecule is Cc1ccc(-n2nnnc2SCC(=O)NCc2ccco2)c(C)c1. The number of furan rings is 1. The number of aromatic nitrogens is 4. The van der Waals surface area contributed by atoms with E-state index >= 15 is 0 Å². The van der Waals surface area contributed by atoms with Crippen molar-refractivity contribution in [3.05, 3.63) is 53.5 Å². The summed E-state index contributed by atoms with van der Waals surface area (Å²) in [5.41, 5.74) is 3.16. The van der Waals surface area contributed by atoms with E-state index in [1.807, 2.05) is 32.0 Å². The van der Waals surface area contributed by atoms with Gasteiger partial charge in [0.25, 0.3) is 0 Å². The fourth-order valence-corrected chi connectivity index (χ4v) is 2.96. The van der Waals surface area contributed by atoms with Gasteiger partial charge in [-0.1, -0.05) is 29.5 Å². The summed E-state index contributed by atoms with van der Waals surface area (Å²) in [7, 11) is 0. The summed E-state index contributed by atoms with van der Waals surface area (Å²) in [5.74, 6) is 0.839. The maximum Gasteiger partial charge on any atom is 0.230 e. The summed E-state index contributed by atoms with van der Waals surface area (Å²) in [5, 5.41) is 15.1. The van der Waals surface area contributed by atoms with Crippen LogP contribution < -0.4 is 5.32 Å². The molecule has 0 aliphatic heterocycles. The molecule has 0 fully saturated rings. The van der Waals surface area contributed by atoms with E-state index in [4.69, 9.17) is 4.42 Å². The highest BCUT2D eigenvalue weighted by Crippen LogP contribution is 2.21. The summed E-state index contributed by atoms with van der Waals surface area (Å²) in [6.45, 7) is 4.42. The van der Waals surface area contributed by atoms with Crippen LogP contribution in [0.4, 0.5) is 0 Å². The molecule has 1 N–H and O–H groups in total. The van der Waals surface area contributed by atoms with Gasteiger partial charge in [0, 0.05) is 0 Å². The topological polar surface area (TPSA) is 85.8 Å². The Balaban J connectivity index is 1.62. The Morgan fingerprint density at radius 3 is 2.96 bits per heavy atom. The van der Waals surface area contributed by atoms with Gasteiger partial charge in [0.15, 0.2) is 0 Å². The Morgan fingerprint density at radius 1 is 1.33 bits per heavy atom. The van der Waals surface area contributed by atoms with E-state index in [1.54, 1.807) is 17.0 Å². The van der Waals surface area contributed by atoms with Crippen molar-refractivity contribution in [1.29, 1.82) is 0 Å². The smallest absolute Gasteiger partial charge is 0.230 e. The average Bonchev–Trinajstić information content (AvgIpc) is 3.22. The molecule has 24 heavy (non-hydrogen) atoms. The van der Waals surface area contributed by atoms with Crippen molar-refractivity contribution in [2.75, 3.05) is 5.75 Å². The zero-order chi connectivity index (χ0) is 16.9. The average molecular weight is 343 g/mol. The van der Waals surface area contributed by atoms with Crippen molar-refractivity contribution in [3.63, 3.8) is 0 Å². The molecule has 0 atom stereocenters. The second kappa shape index (κ2) is 7.31. The van der Waals surface area contributed by atoms with Crippen molar-refractivity contribution in [2.24, 2.45) is 0 Å². The van der Waals surface area contributed by atoms with Gasteiger partial charge in [0.05, 0.1) is 24.2 Å². The molecule has 1 amide bonds. The van der Waals surface area contributed by atoms with Crippen LogP contribution in [0, 0.1) is 13.8 Å². The molecule has 1 aromatic carbocycles. The lowest BCUT2D eigenvalue weighted by molar-refractivity contribution is -0.118. The van der Waals surface area contributed by atoms with Gasteiger partial charge >= 0.3 is 0 Å². The fraction of sp³-hybridized carbons (Fsp3) is 0.250. The van der Waals surface area contributed by atoms with Crippen LogP contribution in [0.5, 0.6) is 0 Å². The lowest BCUT2D eigenvalue weighted by Gasteiger charge is -2.08. The minimum absolute atomic E-state index is 0.105. The van der Waals surface area contributed by atoms with Crippen LogP contribution in [-0.4, -0.2) is 31.9 Å². The molecule has 2 heterocycles. The van der Waals surface area contributed by atoms with E-state index in [1.165, 1.54) is 17.3 Å². The number of aryl methyl sites for hydroxylation is 2. The number of thioether (sulfide) groups is 1. The van der Waals surface area contributed by atoms with Crippen molar-refractivity contribution in [2.45, 2.75) is 25.5 Å². The third-order valence-corrected chi connectivity index (χ3v) is 4.31. The number of rotatable bonds is 6.